The first-order chi connectivity index (χ1) is 10.1. The number of nitrogens with zero attached hydrogens (tertiary/aromatic N) is 1. The first kappa shape index (κ1) is 18.7. The number of hydrogen-bond donors (Lipinski definition) is 3. The molecule has 3 atom stereocenters. The highest BCUT2D eigenvalue weighted by atomic mass is 16.6. The summed E-state index contributed by atoms with van der Waals surface area (Å²) in [5.74, 6) is -0.543. The number of aliphatic hydroxyl groups is 2. The van der Waals surface area contributed by atoms with Gasteiger partial charge in [-0.2, -0.15) is 0 Å². The highest BCUT2D eigenvalue weighted by molar-refractivity contribution is 5.71. The molecule has 0 aromatic heterocycles. The fraction of sp³-hybridized carbons (Fsp3) is 0.857. The van der Waals surface area contributed by atoms with E-state index in [1.165, 1.54) is 4.90 Å². The van der Waals surface area contributed by atoms with E-state index in [-0.39, 0.29) is 13.2 Å². The van der Waals surface area contributed by atoms with Crippen LogP contribution in [0.1, 0.15) is 40.5 Å². The number of carbonyl (C=O) groups excluding carboxylic acids is 2. The summed E-state index contributed by atoms with van der Waals surface area (Å²) < 4.78 is 9.95. The van der Waals surface area contributed by atoms with Gasteiger partial charge in [0.25, 0.3) is 0 Å². The zero-order valence-corrected chi connectivity index (χ0v) is 13.5. The minimum atomic E-state index is -1.19. The van der Waals surface area contributed by atoms with Crippen molar-refractivity contribution in [2.45, 2.75) is 64.6 Å². The summed E-state index contributed by atoms with van der Waals surface area (Å²) in [6.45, 7) is 6.86. The Hall–Kier alpha value is -1.38. The predicted octanol–water partition coefficient (Wildman–Crippen LogP) is 0.175. The second-order valence-electron chi connectivity index (χ2n) is 6.20. The maximum atomic E-state index is 11.8. The van der Waals surface area contributed by atoms with Gasteiger partial charge in [-0.25, -0.2) is 9.69 Å². The molecule has 0 saturated carbocycles. The molecule has 8 nitrogen and oxygen atoms in total. The molecule has 0 spiro atoms. The smallest absolute Gasteiger partial charge is 0.408 e. The fourth-order valence-corrected chi connectivity index (χ4v) is 2.21. The number of amides is 1. The average molecular weight is 318 g/mol. The Bertz CT molecular complexity index is 395. The van der Waals surface area contributed by atoms with E-state index < -0.39 is 36.2 Å². The molecule has 22 heavy (non-hydrogen) atoms. The summed E-state index contributed by atoms with van der Waals surface area (Å²) in [7, 11) is 0. The molecule has 1 aliphatic rings. The van der Waals surface area contributed by atoms with Crippen LogP contribution in [0.25, 0.3) is 0 Å². The number of rotatable bonds is 4. The van der Waals surface area contributed by atoms with Gasteiger partial charge in [-0.05, 0) is 40.5 Å². The van der Waals surface area contributed by atoms with Gasteiger partial charge in [-0.15, -0.1) is 0 Å². The lowest BCUT2D eigenvalue weighted by molar-refractivity contribution is -0.169. The monoisotopic (exact) mass is 318 g/mol. The zero-order valence-electron chi connectivity index (χ0n) is 13.5. The maximum Gasteiger partial charge on any atom is 0.408 e. The van der Waals surface area contributed by atoms with Crippen molar-refractivity contribution in [3.05, 3.63) is 0 Å². The summed E-state index contributed by atoms with van der Waals surface area (Å²) in [6, 6.07) is -0.632. The van der Waals surface area contributed by atoms with Crippen molar-refractivity contribution in [1.29, 1.82) is 0 Å². The highest BCUT2D eigenvalue weighted by Crippen LogP contribution is 2.21. The molecule has 0 aliphatic carbocycles. The molecule has 0 aromatic rings. The summed E-state index contributed by atoms with van der Waals surface area (Å²) >= 11 is 0. The highest BCUT2D eigenvalue weighted by Gasteiger charge is 2.38. The molecule has 1 fully saturated rings. The molecule has 0 unspecified atom stereocenters. The van der Waals surface area contributed by atoms with Crippen molar-refractivity contribution >= 4 is 12.1 Å². The van der Waals surface area contributed by atoms with Crippen LogP contribution in [-0.2, 0) is 14.3 Å². The van der Waals surface area contributed by atoms with Gasteiger partial charge in [0.15, 0.2) is 0 Å². The SMILES string of the molecule is CCOC(=O)CN1[C@@H](O)CC[C@H](NC(=O)OC(C)(C)C)[C@@H]1O. The molecule has 0 bridgehead atoms. The van der Waals surface area contributed by atoms with Crippen molar-refractivity contribution in [3.63, 3.8) is 0 Å². The van der Waals surface area contributed by atoms with E-state index in [1.54, 1.807) is 27.7 Å². The zero-order chi connectivity index (χ0) is 16.9. The van der Waals surface area contributed by atoms with E-state index in [2.05, 4.69) is 5.32 Å². The standard InChI is InChI=1S/C14H26N2O6/c1-5-21-11(18)8-16-10(17)7-6-9(12(16)19)15-13(20)22-14(2,3)4/h9-10,12,17,19H,5-8H2,1-4H3,(H,15,20)/t9-,10-,12-/m0/s1. The number of ether oxygens (including phenoxy) is 2. The third kappa shape index (κ3) is 5.78. The number of nitrogens with one attached hydrogen (secondary N) is 1. The second kappa shape index (κ2) is 7.75. The number of piperidine rings is 1. The van der Waals surface area contributed by atoms with Gasteiger partial charge >= 0.3 is 12.1 Å². The van der Waals surface area contributed by atoms with Crippen LogP contribution in [0.3, 0.4) is 0 Å². The van der Waals surface area contributed by atoms with E-state index in [9.17, 15) is 19.8 Å². The maximum absolute atomic E-state index is 11.8. The first-order valence-corrected chi connectivity index (χ1v) is 7.41. The summed E-state index contributed by atoms with van der Waals surface area (Å²) in [5, 5.41) is 22.7. The number of likely N-dealkylation sites (tertiary alicyclic amines) is 1. The number of esters is 1. The van der Waals surface area contributed by atoms with Crippen molar-refractivity contribution in [3.8, 4) is 0 Å². The Balaban J connectivity index is 2.62. The van der Waals surface area contributed by atoms with Crippen LogP contribution in [0.5, 0.6) is 0 Å². The van der Waals surface area contributed by atoms with Crippen molar-refractivity contribution in [1.82, 2.24) is 10.2 Å². The van der Waals surface area contributed by atoms with Crippen LogP contribution in [0.2, 0.25) is 0 Å². The van der Waals surface area contributed by atoms with Gasteiger partial charge in [0.1, 0.15) is 24.6 Å². The number of aliphatic hydroxyl groups excluding tert-OH is 2. The lowest BCUT2D eigenvalue weighted by Crippen LogP contribution is -2.60. The molecule has 128 valence electrons. The summed E-state index contributed by atoms with van der Waals surface area (Å²) in [6.07, 6.45) is -2.11. The van der Waals surface area contributed by atoms with Gasteiger partial charge in [0.05, 0.1) is 12.6 Å². The molecule has 1 aliphatic heterocycles. The lowest BCUT2D eigenvalue weighted by atomic mass is 10.0. The lowest BCUT2D eigenvalue weighted by Gasteiger charge is -2.40. The third-order valence-corrected chi connectivity index (χ3v) is 3.14. The molecule has 3 N–H and O–H groups in total. The predicted molar refractivity (Wildman–Crippen MR) is 77.7 cm³/mol. The van der Waals surface area contributed by atoms with Crippen LogP contribution in [-0.4, -0.2) is 64.4 Å². The molecular formula is C14H26N2O6. The van der Waals surface area contributed by atoms with Crippen LogP contribution in [0.15, 0.2) is 0 Å². The molecular weight excluding hydrogens is 292 g/mol. The molecule has 8 heteroatoms. The fourth-order valence-electron chi connectivity index (χ4n) is 2.21. The minimum Gasteiger partial charge on any atom is -0.465 e. The van der Waals surface area contributed by atoms with Gasteiger partial charge in [0.2, 0.25) is 0 Å². The molecule has 1 saturated heterocycles. The normalized spacial score (nSPS) is 26.4. The van der Waals surface area contributed by atoms with E-state index in [0.717, 1.165) is 0 Å². The molecule has 0 aromatic carbocycles. The van der Waals surface area contributed by atoms with Gasteiger partial charge < -0.3 is 25.0 Å². The number of alkyl carbamates (subject to hydrolysis) is 1. The minimum absolute atomic E-state index is 0.221. The van der Waals surface area contributed by atoms with E-state index in [4.69, 9.17) is 9.47 Å². The molecule has 1 rings (SSSR count). The Kier molecular flexibility index (Phi) is 6.58. The summed E-state index contributed by atoms with van der Waals surface area (Å²) in [5.41, 5.74) is -0.645. The van der Waals surface area contributed by atoms with Crippen molar-refractivity contribution in [2.24, 2.45) is 0 Å². The third-order valence-electron chi connectivity index (χ3n) is 3.14. The molecule has 1 amide bonds. The largest absolute Gasteiger partial charge is 0.465 e. The quantitative estimate of drug-likeness (QED) is 0.634. The number of hydrogen-bond acceptors (Lipinski definition) is 7. The first-order valence-electron chi connectivity index (χ1n) is 7.41. The number of carbonyl (C=O) groups is 2. The van der Waals surface area contributed by atoms with Gasteiger partial charge in [0, 0.05) is 0 Å². The Labute approximate surface area is 130 Å². The van der Waals surface area contributed by atoms with Crippen LogP contribution >= 0.6 is 0 Å². The second-order valence-corrected chi connectivity index (χ2v) is 6.20. The van der Waals surface area contributed by atoms with E-state index in [1.807, 2.05) is 0 Å². The van der Waals surface area contributed by atoms with E-state index >= 15 is 0 Å². The Morgan fingerprint density at radius 1 is 1.27 bits per heavy atom. The summed E-state index contributed by atoms with van der Waals surface area (Å²) in [4.78, 5) is 24.5. The van der Waals surface area contributed by atoms with Crippen LogP contribution < -0.4 is 5.32 Å². The Morgan fingerprint density at radius 2 is 1.91 bits per heavy atom. The van der Waals surface area contributed by atoms with Crippen molar-refractivity contribution in [2.75, 3.05) is 13.2 Å². The topological polar surface area (TPSA) is 108 Å². The van der Waals surface area contributed by atoms with Crippen LogP contribution in [0.4, 0.5) is 4.79 Å². The molecule has 1 heterocycles. The average Bonchev–Trinajstić information content (AvgIpc) is 2.36. The van der Waals surface area contributed by atoms with Gasteiger partial charge in [-0.3, -0.25) is 4.79 Å². The van der Waals surface area contributed by atoms with Crippen LogP contribution in [0, 0.1) is 0 Å². The molecule has 0 radical (unpaired) electrons. The van der Waals surface area contributed by atoms with E-state index in [0.29, 0.717) is 12.8 Å². The Morgan fingerprint density at radius 3 is 2.45 bits per heavy atom. The van der Waals surface area contributed by atoms with Crippen molar-refractivity contribution < 1.29 is 29.3 Å². The van der Waals surface area contributed by atoms with Gasteiger partial charge in [-0.1, -0.05) is 0 Å².